The van der Waals surface area contributed by atoms with E-state index in [0.29, 0.717) is 23.7 Å². The fourth-order valence-electron chi connectivity index (χ4n) is 1.78. The number of amidine groups is 1. The molecule has 3 N–H and O–H groups in total. The summed E-state index contributed by atoms with van der Waals surface area (Å²) in [6.07, 6.45) is 4.33. The van der Waals surface area contributed by atoms with E-state index in [1.807, 2.05) is 18.3 Å². The van der Waals surface area contributed by atoms with Crippen LogP contribution in [0.2, 0.25) is 0 Å². The summed E-state index contributed by atoms with van der Waals surface area (Å²) in [5, 5.41) is 7.40. The molecule has 5 heteroatoms. The molecule has 2 aromatic rings. The van der Waals surface area contributed by atoms with Crippen LogP contribution in [0.25, 0.3) is 0 Å². The molecule has 2 rings (SSSR count). The van der Waals surface area contributed by atoms with Gasteiger partial charge in [-0.05, 0) is 29.8 Å². The Morgan fingerprint density at radius 2 is 2.15 bits per heavy atom. The van der Waals surface area contributed by atoms with Gasteiger partial charge in [-0.1, -0.05) is 6.07 Å². The standard InChI is InChI=1S/C15H17N3O2/c1-19-14-9-12(15(16)17)4-5-13(14)20-8-6-11-3-2-7-18-10-11/h2-5,7,9-10H,6,8H2,1H3,(H3,16,17). The van der Waals surface area contributed by atoms with E-state index in [2.05, 4.69) is 4.98 Å². The molecule has 20 heavy (non-hydrogen) atoms. The Labute approximate surface area is 117 Å². The fraction of sp³-hybridized carbons (Fsp3) is 0.200. The molecule has 0 radical (unpaired) electrons. The molecule has 0 unspecified atom stereocenters. The van der Waals surface area contributed by atoms with Crippen molar-refractivity contribution in [1.82, 2.24) is 4.98 Å². The van der Waals surface area contributed by atoms with Crippen molar-refractivity contribution in [2.45, 2.75) is 6.42 Å². The predicted octanol–water partition coefficient (Wildman–Crippen LogP) is 2.00. The molecule has 1 heterocycles. The van der Waals surface area contributed by atoms with Crippen LogP contribution in [0, 0.1) is 5.41 Å². The van der Waals surface area contributed by atoms with Crippen LogP contribution in [-0.2, 0) is 6.42 Å². The van der Waals surface area contributed by atoms with E-state index in [1.54, 1.807) is 31.5 Å². The number of nitrogen functional groups attached to an aromatic ring is 1. The first kappa shape index (κ1) is 13.9. The quantitative estimate of drug-likeness (QED) is 0.622. The Balaban J connectivity index is 2.00. The van der Waals surface area contributed by atoms with E-state index in [4.69, 9.17) is 20.6 Å². The van der Waals surface area contributed by atoms with Crippen molar-refractivity contribution in [3.63, 3.8) is 0 Å². The minimum Gasteiger partial charge on any atom is -0.493 e. The zero-order chi connectivity index (χ0) is 14.4. The van der Waals surface area contributed by atoms with Crippen molar-refractivity contribution >= 4 is 5.84 Å². The number of hydrogen-bond acceptors (Lipinski definition) is 4. The molecule has 104 valence electrons. The van der Waals surface area contributed by atoms with Gasteiger partial charge in [0, 0.05) is 24.4 Å². The first-order valence-electron chi connectivity index (χ1n) is 6.25. The number of nitrogens with two attached hydrogens (primary N) is 1. The van der Waals surface area contributed by atoms with E-state index in [-0.39, 0.29) is 5.84 Å². The zero-order valence-corrected chi connectivity index (χ0v) is 11.3. The molecular weight excluding hydrogens is 254 g/mol. The number of rotatable bonds is 6. The van der Waals surface area contributed by atoms with Crippen LogP contribution in [0.5, 0.6) is 11.5 Å². The van der Waals surface area contributed by atoms with Crippen LogP contribution < -0.4 is 15.2 Å². The van der Waals surface area contributed by atoms with Crippen LogP contribution in [0.3, 0.4) is 0 Å². The maximum Gasteiger partial charge on any atom is 0.161 e. The first-order valence-corrected chi connectivity index (χ1v) is 6.25. The highest BCUT2D eigenvalue weighted by Gasteiger charge is 2.07. The molecule has 0 saturated heterocycles. The van der Waals surface area contributed by atoms with Crippen LogP contribution in [0.1, 0.15) is 11.1 Å². The maximum absolute atomic E-state index is 7.40. The summed E-state index contributed by atoms with van der Waals surface area (Å²) >= 11 is 0. The highest BCUT2D eigenvalue weighted by atomic mass is 16.5. The second-order valence-corrected chi connectivity index (χ2v) is 4.24. The summed E-state index contributed by atoms with van der Waals surface area (Å²) in [5.41, 5.74) is 7.17. The topological polar surface area (TPSA) is 81.2 Å². The number of pyridine rings is 1. The summed E-state index contributed by atoms with van der Waals surface area (Å²) < 4.78 is 11.0. The molecule has 0 amide bonds. The molecule has 0 aliphatic carbocycles. The Morgan fingerprint density at radius 3 is 2.80 bits per heavy atom. The number of nitrogens with zero attached hydrogens (tertiary/aromatic N) is 1. The largest absolute Gasteiger partial charge is 0.493 e. The third kappa shape index (κ3) is 3.47. The monoisotopic (exact) mass is 271 g/mol. The fourth-order valence-corrected chi connectivity index (χ4v) is 1.78. The Morgan fingerprint density at radius 1 is 1.30 bits per heavy atom. The van der Waals surface area contributed by atoms with Crippen LogP contribution >= 0.6 is 0 Å². The maximum atomic E-state index is 7.40. The summed E-state index contributed by atoms with van der Waals surface area (Å²) in [6.45, 7) is 0.529. The zero-order valence-electron chi connectivity index (χ0n) is 11.3. The van der Waals surface area contributed by atoms with Crippen LogP contribution in [-0.4, -0.2) is 24.5 Å². The van der Waals surface area contributed by atoms with Gasteiger partial charge < -0.3 is 15.2 Å². The second-order valence-electron chi connectivity index (χ2n) is 4.24. The van der Waals surface area contributed by atoms with E-state index in [0.717, 1.165) is 12.0 Å². The third-order valence-corrected chi connectivity index (χ3v) is 2.85. The number of benzene rings is 1. The lowest BCUT2D eigenvalue weighted by Crippen LogP contribution is -2.11. The molecule has 1 aromatic carbocycles. The number of ether oxygens (including phenoxy) is 2. The molecule has 0 saturated carbocycles. The highest BCUT2D eigenvalue weighted by molar-refractivity contribution is 5.95. The average Bonchev–Trinajstić information content (AvgIpc) is 2.48. The van der Waals surface area contributed by atoms with E-state index in [1.165, 1.54) is 0 Å². The lowest BCUT2D eigenvalue weighted by Gasteiger charge is -2.11. The molecule has 0 aliphatic rings. The van der Waals surface area contributed by atoms with Crippen LogP contribution in [0.4, 0.5) is 0 Å². The molecule has 0 bridgehead atoms. The summed E-state index contributed by atoms with van der Waals surface area (Å²) in [5.74, 6) is 1.22. The van der Waals surface area contributed by atoms with Gasteiger partial charge >= 0.3 is 0 Å². The van der Waals surface area contributed by atoms with Gasteiger partial charge in [0.1, 0.15) is 5.84 Å². The molecule has 1 aromatic heterocycles. The van der Waals surface area contributed by atoms with Crippen LogP contribution in [0.15, 0.2) is 42.7 Å². The molecular formula is C15H17N3O2. The summed E-state index contributed by atoms with van der Waals surface area (Å²) in [7, 11) is 1.56. The van der Waals surface area contributed by atoms with Crippen molar-refractivity contribution in [2.75, 3.05) is 13.7 Å². The SMILES string of the molecule is COc1cc(C(=N)N)ccc1OCCc1cccnc1. The molecule has 0 fully saturated rings. The number of nitrogens with one attached hydrogen (secondary N) is 1. The van der Waals surface area contributed by atoms with E-state index >= 15 is 0 Å². The van der Waals surface area contributed by atoms with Gasteiger partial charge in [0.05, 0.1) is 13.7 Å². The van der Waals surface area contributed by atoms with Crippen molar-refractivity contribution in [2.24, 2.45) is 5.73 Å². The van der Waals surface area contributed by atoms with E-state index in [9.17, 15) is 0 Å². The van der Waals surface area contributed by atoms with Crippen molar-refractivity contribution < 1.29 is 9.47 Å². The number of hydrogen-bond donors (Lipinski definition) is 2. The minimum absolute atomic E-state index is 0.00482. The molecule has 0 aliphatic heterocycles. The number of methoxy groups -OCH3 is 1. The van der Waals surface area contributed by atoms with Crippen molar-refractivity contribution in [3.05, 3.63) is 53.9 Å². The van der Waals surface area contributed by atoms with Crippen molar-refractivity contribution in [3.8, 4) is 11.5 Å². The van der Waals surface area contributed by atoms with Gasteiger partial charge in [-0.25, -0.2) is 0 Å². The highest BCUT2D eigenvalue weighted by Crippen LogP contribution is 2.28. The molecule has 5 nitrogen and oxygen atoms in total. The summed E-state index contributed by atoms with van der Waals surface area (Å²) in [4.78, 5) is 4.06. The second kappa shape index (κ2) is 6.56. The van der Waals surface area contributed by atoms with Gasteiger partial charge in [0.2, 0.25) is 0 Å². The lowest BCUT2D eigenvalue weighted by atomic mass is 10.2. The molecule has 0 atom stereocenters. The smallest absolute Gasteiger partial charge is 0.161 e. The van der Waals surface area contributed by atoms with Gasteiger partial charge in [-0.3, -0.25) is 10.4 Å². The Bertz CT molecular complexity index is 585. The van der Waals surface area contributed by atoms with Gasteiger partial charge in [-0.15, -0.1) is 0 Å². The van der Waals surface area contributed by atoms with Gasteiger partial charge in [-0.2, -0.15) is 0 Å². The Kier molecular flexibility index (Phi) is 4.55. The predicted molar refractivity (Wildman–Crippen MR) is 77.4 cm³/mol. The lowest BCUT2D eigenvalue weighted by molar-refractivity contribution is 0.297. The molecule has 0 spiro atoms. The minimum atomic E-state index is 0.00482. The van der Waals surface area contributed by atoms with Gasteiger partial charge in [0.25, 0.3) is 0 Å². The van der Waals surface area contributed by atoms with Crippen molar-refractivity contribution in [1.29, 1.82) is 5.41 Å². The third-order valence-electron chi connectivity index (χ3n) is 2.85. The van der Waals surface area contributed by atoms with E-state index < -0.39 is 0 Å². The average molecular weight is 271 g/mol. The first-order chi connectivity index (χ1) is 9.70. The summed E-state index contributed by atoms with van der Waals surface area (Å²) in [6, 6.07) is 9.11. The number of aromatic nitrogens is 1. The van der Waals surface area contributed by atoms with Gasteiger partial charge in [0.15, 0.2) is 11.5 Å². The Hall–Kier alpha value is -2.56. The normalized spacial score (nSPS) is 10.1.